The predicted molar refractivity (Wildman–Crippen MR) is 70.5 cm³/mol. The van der Waals surface area contributed by atoms with E-state index in [1.165, 1.54) is 0 Å². The summed E-state index contributed by atoms with van der Waals surface area (Å²) in [4.78, 5) is 0. The number of nitrogens with zero attached hydrogens (tertiary/aromatic N) is 1. The lowest BCUT2D eigenvalue weighted by Gasteiger charge is -2.29. The van der Waals surface area contributed by atoms with Crippen LogP contribution in [0.3, 0.4) is 0 Å². The molecular formula is C11H24ClNO2S. The average Bonchev–Trinajstić information content (AvgIpc) is 2.27. The largest absolute Gasteiger partial charge is 0.218 e. The standard InChI is InChI=1S/C11H24ClNO2S/c1-5-7-8-13(10(3)6-2)16(14,15)11(4)9-12/h10-11H,5-9H2,1-4H3. The highest BCUT2D eigenvalue weighted by molar-refractivity contribution is 7.89. The van der Waals surface area contributed by atoms with Gasteiger partial charge in [0, 0.05) is 18.5 Å². The molecule has 0 aliphatic carbocycles. The molecule has 0 spiro atoms. The third-order valence-corrected chi connectivity index (χ3v) is 5.89. The molecule has 0 N–H and O–H groups in total. The van der Waals surface area contributed by atoms with E-state index in [1.807, 2.05) is 13.8 Å². The summed E-state index contributed by atoms with van der Waals surface area (Å²) in [5.41, 5.74) is 0. The molecule has 0 amide bonds. The van der Waals surface area contributed by atoms with Gasteiger partial charge in [0.05, 0.1) is 5.25 Å². The molecule has 0 aliphatic heterocycles. The van der Waals surface area contributed by atoms with E-state index in [4.69, 9.17) is 11.6 Å². The molecule has 5 heteroatoms. The van der Waals surface area contributed by atoms with Crippen molar-refractivity contribution in [3.05, 3.63) is 0 Å². The summed E-state index contributed by atoms with van der Waals surface area (Å²) in [7, 11) is -3.23. The average molecular weight is 270 g/mol. The van der Waals surface area contributed by atoms with Crippen LogP contribution >= 0.6 is 11.6 Å². The summed E-state index contributed by atoms with van der Waals surface area (Å²) in [5.74, 6) is 0.154. The smallest absolute Gasteiger partial charge is 0.212 e. The second kappa shape index (κ2) is 7.51. The molecule has 0 aromatic heterocycles. The van der Waals surface area contributed by atoms with Crippen molar-refractivity contribution >= 4 is 21.6 Å². The Morgan fingerprint density at radius 3 is 2.19 bits per heavy atom. The summed E-state index contributed by atoms with van der Waals surface area (Å²) >= 11 is 5.66. The van der Waals surface area contributed by atoms with E-state index in [9.17, 15) is 8.42 Å². The third-order valence-electron chi connectivity index (χ3n) is 2.87. The Morgan fingerprint density at radius 2 is 1.81 bits per heavy atom. The first-order valence-corrected chi connectivity index (χ1v) is 8.02. The van der Waals surface area contributed by atoms with Crippen LogP contribution in [0.25, 0.3) is 0 Å². The summed E-state index contributed by atoms with van der Waals surface area (Å²) in [6, 6.07) is 0.0576. The Morgan fingerprint density at radius 1 is 1.25 bits per heavy atom. The fourth-order valence-corrected chi connectivity index (χ4v) is 3.56. The second-order valence-electron chi connectivity index (χ2n) is 4.23. The Bertz CT molecular complexity index is 280. The van der Waals surface area contributed by atoms with Gasteiger partial charge in [0.1, 0.15) is 0 Å². The highest BCUT2D eigenvalue weighted by Gasteiger charge is 2.30. The van der Waals surface area contributed by atoms with Crippen molar-refractivity contribution in [2.75, 3.05) is 12.4 Å². The number of hydrogen-bond acceptors (Lipinski definition) is 2. The third kappa shape index (κ3) is 4.22. The minimum absolute atomic E-state index is 0.0576. The lowest BCUT2D eigenvalue weighted by molar-refractivity contribution is 0.321. The topological polar surface area (TPSA) is 37.4 Å². The van der Waals surface area contributed by atoms with Gasteiger partial charge in [-0.15, -0.1) is 11.6 Å². The van der Waals surface area contributed by atoms with Gasteiger partial charge in [-0.05, 0) is 26.7 Å². The van der Waals surface area contributed by atoms with Gasteiger partial charge in [0.15, 0.2) is 0 Å². The highest BCUT2D eigenvalue weighted by Crippen LogP contribution is 2.17. The molecule has 0 radical (unpaired) electrons. The van der Waals surface area contributed by atoms with E-state index < -0.39 is 15.3 Å². The quantitative estimate of drug-likeness (QED) is 0.636. The van der Waals surface area contributed by atoms with E-state index in [2.05, 4.69) is 6.92 Å². The normalized spacial score (nSPS) is 16.4. The maximum absolute atomic E-state index is 12.2. The van der Waals surface area contributed by atoms with Gasteiger partial charge < -0.3 is 0 Å². The van der Waals surface area contributed by atoms with Gasteiger partial charge in [-0.25, -0.2) is 8.42 Å². The van der Waals surface area contributed by atoms with Crippen molar-refractivity contribution in [3.63, 3.8) is 0 Å². The minimum atomic E-state index is -3.23. The van der Waals surface area contributed by atoms with E-state index >= 15 is 0 Å². The van der Waals surface area contributed by atoms with Crippen LogP contribution in [0.2, 0.25) is 0 Å². The van der Waals surface area contributed by atoms with Crippen LogP contribution < -0.4 is 0 Å². The Kier molecular flexibility index (Phi) is 7.61. The molecule has 3 nitrogen and oxygen atoms in total. The molecule has 0 aromatic carbocycles. The SMILES string of the molecule is CCCCN(C(C)CC)S(=O)(=O)C(C)CCl. The van der Waals surface area contributed by atoms with E-state index in [0.29, 0.717) is 6.54 Å². The van der Waals surface area contributed by atoms with Gasteiger partial charge in [0.25, 0.3) is 0 Å². The zero-order valence-corrected chi connectivity index (χ0v) is 12.3. The van der Waals surface area contributed by atoms with E-state index in [-0.39, 0.29) is 11.9 Å². The van der Waals surface area contributed by atoms with Crippen molar-refractivity contribution in [1.29, 1.82) is 0 Å². The number of rotatable bonds is 8. The number of sulfonamides is 1. The molecule has 0 fully saturated rings. The van der Waals surface area contributed by atoms with Crippen molar-refractivity contribution in [1.82, 2.24) is 4.31 Å². The lowest BCUT2D eigenvalue weighted by atomic mass is 10.2. The van der Waals surface area contributed by atoms with Crippen molar-refractivity contribution in [3.8, 4) is 0 Å². The monoisotopic (exact) mass is 269 g/mol. The molecule has 16 heavy (non-hydrogen) atoms. The Labute approximate surface area is 105 Å². The number of unbranched alkanes of at least 4 members (excludes halogenated alkanes) is 1. The number of alkyl halides is 1. The minimum Gasteiger partial charge on any atom is -0.212 e. The maximum Gasteiger partial charge on any atom is 0.218 e. The lowest BCUT2D eigenvalue weighted by Crippen LogP contribution is -2.44. The van der Waals surface area contributed by atoms with Crippen molar-refractivity contribution < 1.29 is 8.42 Å². The van der Waals surface area contributed by atoms with Gasteiger partial charge >= 0.3 is 0 Å². The maximum atomic E-state index is 12.2. The predicted octanol–water partition coefficient (Wildman–Crippen LogP) is 2.84. The van der Waals surface area contributed by atoms with Gasteiger partial charge in [-0.3, -0.25) is 0 Å². The van der Waals surface area contributed by atoms with Crippen LogP contribution in [0, 0.1) is 0 Å². The van der Waals surface area contributed by atoms with Crippen molar-refractivity contribution in [2.45, 2.75) is 58.2 Å². The first-order chi connectivity index (χ1) is 7.41. The molecule has 2 unspecified atom stereocenters. The van der Waals surface area contributed by atoms with Crippen LogP contribution in [-0.2, 0) is 10.0 Å². The Balaban J connectivity index is 4.87. The van der Waals surface area contributed by atoms with Crippen LogP contribution in [0.15, 0.2) is 0 Å². The summed E-state index contributed by atoms with van der Waals surface area (Å²) in [6.45, 7) is 8.30. The van der Waals surface area contributed by atoms with Gasteiger partial charge in [-0.1, -0.05) is 20.3 Å². The second-order valence-corrected chi connectivity index (χ2v) is 6.84. The van der Waals surface area contributed by atoms with Crippen LogP contribution in [-0.4, -0.2) is 36.4 Å². The number of hydrogen-bond donors (Lipinski definition) is 0. The molecule has 0 rings (SSSR count). The first-order valence-electron chi connectivity index (χ1n) is 5.98. The molecule has 0 saturated heterocycles. The van der Waals surface area contributed by atoms with Crippen LogP contribution in [0.4, 0.5) is 0 Å². The van der Waals surface area contributed by atoms with Gasteiger partial charge in [0.2, 0.25) is 10.0 Å². The summed E-state index contributed by atoms with van der Waals surface area (Å²) < 4.78 is 26.0. The molecule has 98 valence electrons. The van der Waals surface area contributed by atoms with E-state index in [1.54, 1.807) is 11.2 Å². The molecule has 0 saturated carbocycles. The molecular weight excluding hydrogens is 246 g/mol. The zero-order chi connectivity index (χ0) is 12.8. The van der Waals surface area contributed by atoms with Gasteiger partial charge in [-0.2, -0.15) is 4.31 Å². The number of halogens is 1. The van der Waals surface area contributed by atoms with Crippen molar-refractivity contribution in [2.24, 2.45) is 0 Å². The molecule has 0 bridgehead atoms. The molecule has 0 aliphatic rings. The highest BCUT2D eigenvalue weighted by atomic mass is 35.5. The fraction of sp³-hybridized carbons (Fsp3) is 1.00. The molecule has 0 heterocycles. The van der Waals surface area contributed by atoms with Crippen LogP contribution in [0.5, 0.6) is 0 Å². The summed E-state index contributed by atoms with van der Waals surface area (Å²) in [5, 5.41) is -0.500. The zero-order valence-electron chi connectivity index (χ0n) is 10.7. The Hall–Kier alpha value is 0.200. The first kappa shape index (κ1) is 16.2. The summed E-state index contributed by atoms with van der Waals surface area (Å²) in [6.07, 6.45) is 2.73. The molecule has 0 aromatic rings. The molecule has 2 atom stereocenters. The van der Waals surface area contributed by atoms with E-state index in [0.717, 1.165) is 19.3 Å². The van der Waals surface area contributed by atoms with Crippen LogP contribution in [0.1, 0.15) is 47.0 Å². The fourth-order valence-electron chi connectivity index (χ4n) is 1.43.